The van der Waals surface area contributed by atoms with Crippen molar-refractivity contribution < 1.29 is 4.39 Å². The highest BCUT2D eigenvalue weighted by Crippen LogP contribution is 2.35. The lowest BCUT2D eigenvalue weighted by atomic mass is 9.85. The molecular formula is C14H17FN2. The molecule has 1 atom stereocenters. The number of nitrogens with zero attached hydrogens (tertiary/aromatic N) is 1. The Hall–Kier alpha value is -1.56. The second-order valence-corrected chi connectivity index (χ2v) is 4.93. The van der Waals surface area contributed by atoms with Crippen LogP contribution in [0, 0.1) is 23.1 Å². The Kier molecular flexibility index (Phi) is 3.33. The third-order valence-electron chi connectivity index (χ3n) is 3.63. The van der Waals surface area contributed by atoms with Crippen LogP contribution in [-0.2, 0) is 0 Å². The molecule has 0 aliphatic heterocycles. The Morgan fingerprint density at radius 1 is 1.41 bits per heavy atom. The molecule has 1 fully saturated rings. The molecule has 1 aromatic rings. The Labute approximate surface area is 101 Å². The second-order valence-electron chi connectivity index (χ2n) is 4.93. The predicted molar refractivity (Wildman–Crippen MR) is 66.0 cm³/mol. The number of nitrogens with one attached hydrogen (secondary N) is 1. The van der Waals surface area contributed by atoms with E-state index in [0.29, 0.717) is 11.6 Å². The van der Waals surface area contributed by atoms with Crippen LogP contribution in [0.3, 0.4) is 0 Å². The van der Waals surface area contributed by atoms with E-state index >= 15 is 0 Å². The summed E-state index contributed by atoms with van der Waals surface area (Å²) in [5.74, 6) is 0.0810. The van der Waals surface area contributed by atoms with Crippen molar-refractivity contribution in [1.82, 2.24) is 0 Å². The molecule has 0 bridgehead atoms. The molecule has 0 saturated heterocycles. The summed E-state index contributed by atoms with van der Waals surface area (Å²) in [5.41, 5.74) is 0.0885. The first-order valence-electron chi connectivity index (χ1n) is 6.09. The smallest absolute Gasteiger partial charge is 0.125 e. The lowest BCUT2D eigenvalue weighted by Gasteiger charge is -2.30. The van der Waals surface area contributed by atoms with Crippen LogP contribution >= 0.6 is 0 Å². The van der Waals surface area contributed by atoms with Gasteiger partial charge in [0.2, 0.25) is 0 Å². The highest BCUT2D eigenvalue weighted by molar-refractivity contribution is 5.48. The number of rotatable bonds is 3. The topological polar surface area (TPSA) is 35.8 Å². The van der Waals surface area contributed by atoms with Gasteiger partial charge in [-0.3, -0.25) is 0 Å². The largest absolute Gasteiger partial charge is 0.367 e. The molecular weight excluding hydrogens is 215 g/mol. The van der Waals surface area contributed by atoms with Crippen molar-refractivity contribution in [2.24, 2.45) is 5.92 Å². The van der Waals surface area contributed by atoms with Crippen molar-refractivity contribution in [2.75, 3.05) is 5.32 Å². The second kappa shape index (κ2) is 4.75. The number of hydrogen-bond donors (Lipinski definition) is 1. The Bertz CT molecular complexity index is 432. The maximum Gasteiger partial charge on any atom is 0.125 e. The van der Waals surface area contributed by atoms with Gasteiger partial charge in [0.1, 0.15) is 11.4 Å². The summed E-state index contributed by atoms with van der Waals surface area (Å²) < 4.78 is 13.1. The minimum Gasteiger partial charge on any atom is -0.367 e. The van der Waals surface area contributed by atoms with Gasteiger partial charge in [-0.25, -0.2) is 4.39 Å². The molecule has 1 aliphatic rings. The van der Waals surface area contributed by atoms with E-state index in [0.717, 1.165) is 12.8 Å². The van der Waals surface area contributed by atoms with E-state index in [1.807, 2.05) is 6.92 Å². The molecule has 17 heavy (non-hydrogen) atoms. The minimum absolute atomic E-state index is 0.276. The van der Waals surface area contributed by atoms with E-state index in [4.69, 9.17) is 0 Å². The van der Waals surface area contributed by atoms with Crippen molar-refractivity contribution in [1.29, 1.82) is 5.26 Å². The maximum absolute atomic E-state index is 13.1. The summed E-state index contributed by atoms with van der Waals surface area (Å²) in [7, 11) is 0. The van der Waals surface area contributed by atoms with Crippen LogP contribution in [0.5, 0.6) is 0 Å². The molecule has 3 heteroatoms. The number of halogens is 1. The number of benzene rings is 1. The zero-order chi connectivity index (χ0) is 12.3. The average Bonchev–Trinajstić information content (AvgIpc) is 2.83. The molecule has 2 rings (SSSR count). The summed E-state index contributed by atoms with van der Waals surface area (Å²) in [4.78, 5) is 0. The number of nitriles is 1. The van der Waals surface area contributed by atoms with Gasteiger partial charge in [0.05, 0.1) is 6.07 Å². The fourth-order valence-corrected chi connectivity index (χ4v) is 2.59. The summed E-state index contributed by atoms with van der Waals surface area (Å²) >= 11 is 0. The fourth-order valence-electron chi connectivity index (χ4n) is 2.59. The number of anilines is 1. The fraction of sp³-hybridized carbons (Fsp3) is 0.500. The van der Waals surface area contributed by atoms with Gasteiger partial charge in [-0.1, -0.05) is 18.9 Å². The Morgan fingerprint density at radius 2 is 2.12 bits per heavy atom. The first-order valence-corrected chi connectivity index (χ1v) is 6.09. The van der Waals surface area contributed by atoms with Crippen molar-refractivity contribution in [3.63, 3.8) is 0 Å². The molecule has 1 N–H and O–H groups in total. The zero-order valence-electron chi connectivity index (χ0n) is 10.0. The van der Waals surface area contributed by atoms with Crippen LogP contribution in [-0.4, -0.2) is 5.54 Å². The molecule has 0 aromatic heterocycles. The van der Waals surface area contributed by atoms with E-state index < -0.39 is 5.54 Å². The third kappa shape index (κ3) is 2.58. The van der Waals surface area contributed by atoms with Gasteiger partial charge in [-0.2, -0.15) is 5.26 Å². The molecule has 0 amide bonds. The average molecular weight is 232 g/mol. The van der Waals surface area contributed by atoms with Gasteiger partial charge in [-0.05, 0) is 43.9 Å². The van der Waals surface area contributed by atoms with Gasteiger partial charge in [-0.15, -0.1) is 0 Å². The van der Waals surface area contributed by atoms with Crippen molar-refractivity contribution in [3.8, 4) is 6.07 Å². The van der Waals surface area contributed by atoms with E-state index in [1.54, 1.807) is 12.1 Å². The van der Waals surface area contributed by atoms with Gasteiger partial charge in [0, 0.05) is 5.69 Å². The van der Waals surface area contributed by atoms with Crippen LogP contribution in [0.4, 0.5) is 10.1 Å². The normalized spacial score (nSPS) is 19.6. The predicted octanol–water partition coefficient (Wildman–Crippen LogP) is 3.71. The molecule has 0 spiro atoms. The summed E-state index contributed by atoms with van der Waals surface area (Å²) in [6.07, 6.45) is 4.53. The first kappa shape index (κ1) is 11.9. The van der Waals surface area contributed by atoms with Crippen molar-refractivity contribution >= 4 is 5.69 Å². The van der Waals surface area contributed by atoms with Gasteiger partial charge in [0.25, 0.3) is 0 Å². The van der Waals surface area contributed by atoms with Crippen LogP contribution in [0.1, 0.15) is 32.6 Å². The lowest BCUT2D eigenvalue weighted by Crippen LogP contribution is -2.40. The summed E-state index contributed by atoms with van der Waals surface area (Å²) in [6.45, 7) is 1.91. The summed E-state index contributed by atoms with van der Waals surface area (Å²) in [6, 6.07) is 8.65. The monoisotopic (exact) mass is 232 g/mol. The van der Waals surface area contributed by atoms with E-state index in [-0.39, 0.29) is 5.82 Å². The van der Waals surface area contributed by atoms with Crippen molar-refractivity contribution in [2.45, 2.75) is 38.1 Å². The summed E-state index contributed by atoms with van der Waals surface area (Å²) in [5, 5.41) is 12.6. The SMILES string of the molecule is CC(C#N)(Nc1cccc(F)c1)C1CCCC1. The molecule has 2 nitrogen and oxygen atoms in total. The molecule has 0 heterocycles. The maximum atomic E-state index is 13.1. The van der Waals surface area contributed by atoms with Crippen LogP contribution < -0.4 is 5.32 Å². The highest BCUT2D eigenvalue weighted by Gasteiger charge is 2.36. The Morgan fingerprint density at radius 3 is 2.71 bits per heavy atom. The van der Waals surface area contributed by atoms with Crippen molar-refractivity contribution in [3.05, 3.63) is 30.1 Å². The minimum atomic E-state index is -0.593. The highest BCUT2D eigenvalue weighted by atomic mass is 19.1. The molecule has 1 unspecified atom stereocenters. The number of hydrogen-bond acceptors (Lipinski definition) is 2. The molecule has 90 valence electrons. The van der Waals surface area contributed by atoms with Gasteiger partial charge < -0.3 is 5.32 Å². The standard InChI is InChI=1S/C14H17FN2/c1-14(10-16,11-5-2-3-6-11)17-13-8-4-7-12(15)9-13/h4,7-9,11,17H,2-3,5-6H2,1H3. The quantitative estimate of drug-likeness (QED) is 0.862. The molecule has 0 radical (unpaired) electrons. The van der Waals surface area contributed by atoms with Gasteiger partial charge >= 0.3 is 0 Å². The van der Waals surface area contributed by atoms with E-state index in [1.165, 1.54) is 25.0 Å². The lowest BCUT2D eigenvalue weighted by molar-refractivity contribution is 0.404. The van der Waals surface area contributed by atoms with Gasteiger partial charge in [0.15, 0.2) is 0 Å². The van der Waals surface area contributed by atoms with E-state index in [2.05, 4.69) is 11.4 Å². The third-order valence-corrected chi connectivity index (χ3v) is 3.63. The van der Waals surface area contributed by atoms with E-state index in [9.17, 15) is 9.65 Å². The van der Waals surface area contributed by atoms with Crippen LogP contribution in [0.25, 0.3) is 0 Å². The van der Waals surface area contributed by atoms with Crippen LogP contribution in [0.15, 0.2) is 24.3 Å². The van der Waals surface area contributed by atoms with Crippen LogP contribution in [0.2, 0.25) is 0 Å². The Balaban J connectivity index is 2.17. The molecule has 1 saturated carbocycles. The molecule has 1 aliphatic carbocycles. The molecule has 1 aromatic carbocycles. The first-order chi connectivity index (χ1) is 8.14. The zero-order valence-corrected chi connectivity index (χ0v) is 10.0.